The van der Waals surface area contributed by atoms with Crippen molar-refractivity contribution in [2.24, 2.45) is 10.9 Å². The zero-order valence-corrected chi connectivity index (χ0v) is 9.39. The second-order valence-electron chi connectivity index (χ2n) is 3.51. The van der Waals surface area contributed by atoms with E-state index in [4.69, 9.17) is 10.9 Å². The molecule has 0 spiro atoms. The van der Waals surface area contributed by atoms with E-state index in [1.54, 1.807) is 0 Å². The van der Waals surface area contributed by atoms with Gasteiger partial charge in [-0.3, -0.25) is 4.90 Å². The Morgan fingerprint density at radius 3 is 2.81 bits per heavy atom. The second kappa shape index (κ2) is 5.62. The van der Waals surface area contributed by atoms with Crippen LogP contribution in [0.25, 0.3) is 0 Å². The van der Waals surface area contributed by atoms with Crippen molar-refractivity contribution in [1.29, 1.82) is 0 Å². The number of rotatable bonds is 4. The molecule has 0 aromatic carbocycles. The summed E-state index contributed by atoms with van der Waals surface area (Å²) in [6.45, 7) is 0.990. The van der Waals surface area contributed by atoms with Gasteiger partial charge in [-0.25, -0.2) is 0 Å². The van der Waals surface area contributed by atoms with Crippen LogP contribution >= 0.6 is 11.8 Å². The van der Waals surface area contributed by atoms with Crippen LogP contribution in [0.15, 0.2) is 5.16 Å². The zero-order chi connectivity index (χ0) is 12.2. The van der Waals surface area contributed by atoms with Crippen LogP contribution < -0.4 is 5.73 Å². The molecule has 1 unspecified atom stereocenters. The lowest BCUT2D eigenvalue weighted by atomic mass is 10.2. The van der Waals surface area contributed by atoms with Crippen molar-refractivity contribution in [2.45, 2.75) is 24.4 Å². The predicted molar refractivity (Wildman–Crippen MR) is 56.5 cm³/mol. The Morgan fingerprint density at radius 2 is 2.25 bits per heavy atom. The van der Waals surface area contributed by atoms with Crippen molar-refractivity contribution in [3.8, 4) is 0 Å². The molecule has 4 nitrogen and oxygen atoms in total. The molecule has 0 aliphatic carbocycles. The molecule has 0 amide bonds. The van der Waals surface area contributed by atoms with Gasteiger partial charge >= 0.3 is 5.51 Å². The number of hydrogen-bond donors (Lipinski definition) is 2. The molecule has 16 heavy (non-hydrogen) atoms. The number of thioether (sulfide) groups is 1. The van der Waals surface area contributed by atoms with Crippen LogP contribution in [0.1, 0.15) is 12.8 Å². The van der Waals surface area contributed by atoms with Gasteiger partial charge in [-0.15, -0.1) is 0 Å². The standard InChI is InChI=1S/C8H14F3N3OS/c9-8(10,11)16-5-4-14-3-1-2-6(14)7(12)13-15/h6,15H,1-5H2,(H2,12,13). The summed E-state index contributed by atoms with van der Waals surface area (Å²) in [7, 11) is 0. The van der Waals surface area contributed by atoms with Crippen molar-refractivity contribution < 1.29 is 18.4 Å². The topological polar surface area (TPSA) is 61.9 Å². The Kier molecular flexibility index (Phi) is 4.72. The third-order valence-corrected chi connectivity index (χ3v) is 3.18. The predicted octanol–water partition coefficient (Wildman–Crippen LogP) is 1.45. The minimum atomic E-state index is -4.19. The third kappa shape index (κ3) is 4.09. The molecule has 0 saturated carbocycles. The van der Waals surface area contributed by atoms with Crippen LogP contribution in [0, 0.1) is 0 Å². The number of nitrogens with zero attached hydrogens (tertiary/aromatic N) is 2. The summed E-state index contributed by atoms with van der Waals surface area (Å²) < 4.78 is 35.7. The molecule has 0 aromatic rings. The Balaban J connectivity index is 2.36. The highest BCUT2D eigenvalue weighted by atomic mass is 32.2. The van der Waals surface area contributed by atoms with Gasteiger partial charge in [0.25, 0.3) is 0 Å². The van der Waals surface area contributed by atoms with E-state index >= 15 is 0 Å². The highest BCUT2D eigenvalue weighted by Gasteiger charge is 2.31. The molecule has 1 heterocycles. The van der Waals surface area contributed by atoms with E-state index in [2.05, 4.69) is 5.16 Å². The maximum Gasteiger partial charge on any atom is 0.441 e. The first kappa shape index (κ1) is 13.4. The summed E-state index contributed by atoms with van der Waals surface area (Å²) >= 11 is -0.0431. The van der Waals surface area contributed by atoms with Crippen molar-refractivity contribution in [3.63, 3.8) is 0 Å². The number of halogens is 3. The fourth-order valence-electron chi connectivity index (χ4n) is 1.77. The quantitative estimate of drug-likeness (QED) is 0.346. The molecule has 1 fully saturated rings. The molecule has 0 bridgehead atoms. The van der Waals surface area contributed by atoms with Gasteiger partial charge in [-0.1, -0.05) is 5.16 Å². The fraction of sp³-hybridized carbons (Fsp3) is 0.875. The van der Waals surface area contributed by atoms with E-state index in [9.17, 15) is 13.2 Å². The zero-order valence-electron chi connectivity index (χ0n) is 8.57. The Hall–Kier alpha value is -0.630. The summed E-state index contributed by atoms with van der Waals surface area (Å²) in [5, 5.41) is 11.4. The van der Waals surface area contributed by atoms with Crippen LogP contribution in [0.4, 0.5) is 13.2 Å². The Bertz CT molecular complexity index is 259. The van der Waals surface area contributed by atoms with Crippen LogP contribution in [0.5, 0.6) is 0 Å². The largest absolute Gasteiger partial charge is 0.441 e. The Labute approximate surface area is 95.7 Å². The number of amidine groups is 1. The van der Waals surface area contributed by atoms with Gasteiger partial charge in [0.05, 0.1) is 6.04 Å². The molecule has 0 radical (unpaired) electrons. The van der Waals surface area contributed by atoms with Crippen molar-refractivity contribution in [3.05, 3.63) is 0 Å². The number of hydrogen-bond acceptors (Lipinski definition) is 4. The van der Waals surface area contributed by atoms with Crippen LogP contribution in [0.3, 0.4) is 0 Å². The van der Waals surface area contributed by atoms with E-state index in [1.807, 2.05) is 4.90 Å². The lowest BCUT2D eigenvalue weighted by Crippen LogP contribution is -2.41. The molecule has 94 valence electrons. The van der Waals surface area contributed by atoms with Crippen LogP contribution in [-0.4, -0.2) is 46.3 Å². The van der Waals surface area contributed by atoms with Crippen molar-refractivity contribution >= 4 is 17.6 Å². The SMILES string of the molecule is NC(=NO)C1CCCN1CCSC(F)(F)F. The van der Waals surface area contributed by atoms with Gasteiger partial charge in [0.2, 0.25) is 0 Å². The molecule has 1 saturated heterocycles. The summed E-state index contributed by atoms with van der Waals surface area (Å²) in [6.07, 6.45) is 1.59. The molecule has 0 aromatic heterocycles. The third-order valence-electron chi connectivity index (χ3n) is 2.46. The van der Waals surface area contributed by atoms with Gasteiger partial charge in [0.15, 0.2) is 5.84 Å². The minimum Gasteiger partial charge on any atom is -0.409 e. The van der Waals surface area contributed by atoms with Gasteiger partial charge in [-0.2, -0.15) is 13.2 Å². The molecule has 8 heteroatoms. The molecular formula is C8H14F3N3OS. The van der Waals surface area contributed by atoms with Gasteiger partial charge < -0.3 is 10.9 Å². The average molecular weight is 257 g/mol. The van der Waals surface area contributed by atoms with Gasteiger partial charge in [-0.05, 0) is 31.1 Å². The summed E-state index contributed by atoms with van der Waals surface area (Å²) in [5.41, 5.74) is 1.27. The number of nitrogens with two attached hydrogens (primary N) is 1. The molecule has 1 atom stereocenters. The van der Waals surface area contributed by atoms with E-state index in [0.29, 0.717) is 13.1 Å². The molecule has 1 rings (SSSR count). The molecular weight excluding hydrogens is 243 g/mol. The summed E-state index contributed by atoms with van der Waals surface area (Å²) in [6, 6.07) is -0.223. The highest BCUT2D eigenvalue weighted by Crippen LogP contribution is 2.30. The lowest BCUT2D eigenvalue weighted by molar-refractivity contribution is -0.0328. The maximum absolute atomic E-state index is 11.9. The van der Waals surface area contributed by atoms with Gasteiger partial charge in [0, 0.05) is 12.3 Å². The lowest BCUT2D eigenvalue weighted by Gasteiger charge is -2.22. The van der Waals surface area contributed by atoms with E-state index in [1.165, 1.54) is 0 Å². The van der Waals surface area contributed by atoms with Crippen LogP contribution in [0.2, 0.25) is 0 Å². The second-order valence-corrected chi connectivity index (χ2v) is 4.67. The van der Waals surface area contributed by atoms with Crippen molar-refractivity contribution in [2.75, 3.05) is 18.8 Å². The smallest absolute Gasteiger partial charge is 0.409 e. The first-order chi connectivity index (χ1) is 7.44. The highest BCUT2D eigenvalue weighted by molar-refractivity contribution is 8.00. The van der Waals surface area contributed by atoms with Crippen LogP contribution in [-0.2, 0) is 0 Å². The van der Waals surface area contributed by atoms with Crippen molar-refractivity contribution in [1.82, 2.24) is 4.90 Å². The monoisotopic (exact) mass is 257 g/mol. The summed E-state index contributed by atoms with van der Waals surface area (Å²) in [4.78, 5) is 1.81. The Morgan fingerprint density at radius 1 is 1.56 bits per heavy atom. The van der Waals surface area contributed by atoms with E-state index in [-0.39, 0.29) is 29.4 Å². The normalized spacial score (nSPS) is 23.9. The minimum absolute atomic E-state index is 0.0291. The first-order valence-corrected chi connectivity index (χ1v) is 5.85. The van der Waals surface area contributed by atoms with E-state index < -0.39 is 5.51 Å². The number of alkyl halides is 3. The average Bonchev–Trinajstić information content (AvgIpc) is 2.63. The fourth-order valence-corrected chi connectivity index (χ4v) is 2.33. The molecule has 1 aliphatic heterocycles. The molecule has 3 N–H and O–H groups in total. The maximum atomic E-state index is 11.9. The molecule has 1 aliphatic rings. The van der Waals surface area contributed by atoms with Gasteiger partial charge in [0.1, 0.15) is 0 Å². The van der Waals surface area contributed by atoms with E-state index in [0.717, 1.165) is 12.8 Å². The number of likely N-dealkylation sites (tertiary alicyclic amines) is 1. The first-order valence-electron chi connectivity index (χ1n) is 4.86. The summed E-state index contributed by atoms with van der Waals surface area (Å²) in [5.74, 6) is 0.0492. The number of oxime groups is 1.